The zero-order valence-corrected chi connectivity index (χ0v) is 43.0. The topological polar surface area (TPSA) is 78.9 Å². The van der Waals surface area contributed by atoms with Crippen molar-refractivity contribution in [2.24, 2.45) is 0 Å². The van der Waals surface area contributed by atoms with E-state index in [4.69, 9.17) is 14.2 Å². The average Bonchev–Trinajstić information content (AvgIpc) is 3.30. The number of hydrogen-bond acceptors (Lipinski definition) is 6. The molecule has 0 fully saturated rings. The Hall–Kier alpha value is -2.89. The van der Waals surface area contributed by atoms with E-state index in [0.29, 0.717) is 19.3 Å². The van der Waals surface area contributed by atoms with Crippen molar-refractivity contribution in [1.82, 2.24) is 0 Å². The molecular formula is C59H104O6. The first-order valence-electron chi connectivity index (χ1n) is 27.8. The van der Waals surface area contributed by atoms with E-state index in [1.54, 1.807) is 0 Å². The first kappa shape index (κ1) is 62.1. The van der Waals surface area contributed by atoms with Crippen LogP contribution in [0.1, 0.15) is 278 Å². The maximum atomic E-state index is 12.8. The Balaban J connectivity index is 4.40. The Morgan fingerprint density at radius 1 is 0.323 bits per heavy atom. The molecule has 1 atom stereocenters. The minimum atomic E-state index is -0.801. The highest BCUT2D eigenvalue weighted by Gasteiger charge is 2.19. The largest absolute Gasteiger partial charge is 0.462 e. The van der Waals surface area contributed by atoms with Crippen LogP contribution < -0.4 is 0 Å². The summed E-state index contributed by atoms with van der Waals surface area (Å²) in [6, 6.07) is 0. The first-order valence-corrected chi connectivity index (χ1v) is 27.8. The molecule has 0 N–H and O–H groups in total. The summed E-state index contributed by atoms with van der Waals surface area (Å²) in [6.45, 7) is 6.48. The summed E-state index contributed by atoms with van der Waals surface area (Å²) >= 11 is 0. The maximum Gasteiger partial charge on any atom is 0.306 e. The van der Waals surface area contributed by atoms with Gasteiger partial charge in [-0.1, -0.05) is 248 Å². The Labute approximate surface area is 402 Å². The van der Waals surface area contributed by atoms with E-state index < -0.39 is 6.10 Å². The van der Waals surface area contributed by atoms with E-state index in [1.165, 1.54) is 148 Å². The zero-order valence-electron chi connectivity index (χ0n) is 43.0. The van der Waals surface area contributed by atoms with Crippen LogP contribution >= 0.6 is 0 Å². The van der Waals surface area contributed by atoms with Gasteiger partial charge in [-0.15, -0.1) is 0 Å². The Morgan fingerprint density at radius 2 is 0.631 bits per heavy atom. The van der Waals surface area contributed by atoms with Crippen molar-refractivity contribution in [2.45, 2.75) is 284 Å². The van der Waals surface area contributed by atoms with Crippen molar-refractivity contribution in [1.29, 1.82) is 0 Å². The lowest BCUT2D eigenvalue weighted by Crippen LogP contribution is -2.30. The van der Waals surface area contributed by atoms with Gasteiger partial charge in [0, 0.05) is 19.3 Å². The van der Waals surface area contributed by atoms with Gasteiger partial charge < -0.3 is 14.2 Å². The monoisotopic (exact) mass is 909 g/mol. The molecule has 0 aliphatic heterocycles. The van der Waals surface area contributed by atoms with Crippen LogP contribution in [0.4, 0.5) is 0 Å². The highest BCUT2D eigenvalue weighted by molar-refractivity contribution is 5.71. The fraction of sp³-hybridized carbons (Fsp3) is 0.780. The fourth-order valence-corrected chi connectivity index (χ4v) is 7.86. The van der Waals surface area contributed by atoms with Crippen LogP contribution in [0.15, 0.2) is 60.8 Å². The Bertz CT molecular complexity index is 1180. The number of rotatable bonds is 50. The van der Waals surface area contributed by atoms with Crippen molar-refractivity contribution in [3.05, 3.63) is 60.8 Å². The van der Waals surface area contributed by atoms with Gasteiger partial charge in [0.05, 0.1) is 0 Å². The molecule has 376 valence electrons. The molecule has 0 radical (unpaired) electrons. The quantitative estimate of drug-likeness (QED) is 0.0262. The predicted molar refractivity (Wildman–Crippen MR) is 279 cm³/mol. The molecule has 0 heterocycles. The molecule has 0 aliphatic rings. The van der Waals surface area contributed by atoms with E-state index in [1.807, 2.05) is 6.08 Å². The summed E-state index contributed by atoms with van der Waals surface area (Å²) in [5, 5.41) is 0. The highest BCUT2D eigenvalue weighted by atomic mass is 16.6. The molecule has 6 heteroatoms. The van der Waals surface area contributed by atoms with Crippen molar-refractivity contribution < 1.29 is 28.6 Å². The van der Waals surface area contributed by atoms with Gasteiger partial charge in [-0.2, -0.15) is 0 Å². The van der Waals surface area contributed by atoms with Gasteiger partial charge in [0.25, 0.3) is 0 Å². The van der Waals surface area contributed by atoms with Gasteiger partial charge in [0.2, 0.25) is 0 Å². The van der Waals surface area contributed by atoms with Crippen LogP contribution in [0, 0.1) is 0 Å². The molecule has 0 aromatic carbocycles. The van der Waals surface area contributed by atoms with Gasteiger partial charge in [-0.05, 0) is 70.6 Å². The average molecular weight is 909 g/mol. The number of carbonyl (C=O) groups excluding carboxylic acids is 3. The summed E-state index contributed by atoms with van der Waals surface area (Å²) in [4.78, 5) is 38.0. The van der Waals surface area contributed by atoms with Gasteiger partial charge in [-0.25, -0.2) is 0 Å². The number of hydrogen-bond donors (Lipinski definition) is 0. The third-order valence-corrected chi connectivity index (χ3v) is 12.0. The minimum absolute atomic E-state index is 0.0943. The van der Waals surface area contributed by atoms with Crippen molar-refractivity contribution in [3.8, 4) is 0 Å². The summed E-state index contributed by atoms with van der Waals surface area (Å²) in [7, 11) is 0. The predicted octanol–water partition coefficient (Wildman–Crippen LogP) is 18.4. The Morgan fingerprint density at radius 3 is 1.03 bits per heavy atom. The molecular weight excluding hydrogens is 805 g/mol. The number of ether oxygens (including phenoxy) is 3. The second-order valence-electron chi connectivity index (χ2n) is 18.5. The minimum Gasteiger partial charge on any atom is -0.462 e. The normalized spacial score (nSPS) is 12.5. The molecule has 0 bridgehead atoms. The zero-order chi connectivity index (χ0) is 47.2. The Kier molecular flexibility index (Phi) is 51.3. The van der Waals surface area contributed by atoms with Gasteiger partial charge in [0.1, 0.15) is 13.2 Å². The second-order valence-corrected chi connectivity index (χ2v) is 18.5. The first-order chi connectivity index (χ1) is 32.0. The molecule has 6 nitrogen and oxygen atoms in total. The van der Waals surface area contributed by atoms with Crippen LogP contribution in [-0.2, 0) is 28.6 Å². The molecule has 0 aliphatic carbocycles. The van der Waals surface area contributed by atoms with E-state index in [9.17, 15) is 14.4 Å². The number of allylic oxidation sites excluding steroid dienone is 10. The van der Waals surface area contributed by atoms with Crippen molar-refractivity contribution in [2.75, 3.05) is 13.2 Å². The number of unbranched alkanes of at least 4 members (excludes halogenated alkanes) is 29. The molecule has 0 spiro atoms. The molecule has 0 saturated heterocycles. The van der Waals surface area contributed by atoms with E-state index in [0.717, 1.165) is 83.5 Å². The van der Waals surface area contributed by atoms with Crippen LogP contribution in [0.3, 0.4) is 0 Å². The standard InChI is InChI=1S/C59H104O6/c1-4-7-10-13-16-19-22-25-27-29-30-32-34-37-40-43-46-49-52-58(61)64-55-56(54-63-57(60)51-48-45-42-39-36-33-24-21-18-15-12-9-6-3)65-59(62)53-50-47-44-41-38-35-31-28-26-23-20-17-14-11-8-5-2/h8,11,17,20,26,28,33,36,42,45,56H,4-7,9-10,12-16,18-19,21-25,27,29-32,34-35,37-41,43-44,46-55H2,1-3H3/b11-8-,20-17-,28-26-,36-33-,45-42-. The SMILES string of the molecule is CC/C=C\C/C=C\C/C=C\CCCCCCCCC(=O)OC(COC(=O)CC/C=C\C/C=C\CCCCCCCC)COC(=O)CCCCCCCCCCCCCCCCCCCC. The van der Waals surface area contributed by atoms with E-state index in [2.05, 4.69) is 75.5 Å². The summed E-state index contributed by atoms with van der Waals surface area (Å²) in [6.07, 6.45) is 66.5. The molecule has 0 aromatic rings. The maximum absolute atomic E-state index is 12.8. The lowest BCUT2D eigenvalue weighted by Gasteiger charge is -2.18. The van der Waals surface area contributed by atoms with Gasteiger partial charge >= 0.3 is 17.9 Å². The lowest BCUT2D eigenvalue weighted by molar-refractivity contribution is -0.166. The lowest BCUT2D eigenvalue weighted by atomic mass is 10.0. The summed E-state index contributed by atoms with van der Waals surface area (Å²) in [5.41, 5.74) is 0. The third-order valence-electron chi connectivity index (χ3n) is 12.0. The van der Waals surface area contributed by atoms with Gasteiger partial charge in [-0.3, -0.25) is 14.4 Å². The van der Waals surface area contributed by atoms with Crippen LogP contribution in [0.25, 0.3) is 0 Å². The number of carbonyl (C=O) groups is 3. The molecule has 0 aromatic heterocycles. The summed E-state index contributed by atoms with van der Waals surface area (Å²) in [5.74, 6) is -0.969. The molecule has 0 rings (SSSR count). The van der Waals surface area contributed by atoms with E-state index >= 15 is 0 Å². The van der Waals surface area contributed by atoms with Crippen molar-refractivity contribution >= 4 is 17.9 Å². The highest BCUT2D eigenvalue weighted by Crippen LogP contribution is 2.16. The molecule has 65 heavy (non-hydrogen) atoms. The van der Waals surface area contributed by atoms with Crippen LogP contribution in [-0.4, -0.2) is 37.2 Å². The third kappa shape index (κ3) is 51.9. The summed E-state index contributed by atoms with van der Waals surface area (Å²) < 4.78 is 16.8. The van der Waals surface area contributed by atoms with Crippen LogP contribution in [0.5, 0.6) is 0 Å². The molecule has 1 unspecified atom stereocenters. The molecule has 0 saturated carbocycles. The number of esters is 3. The van der Waals surface area contributed by atoms with Crippen LogP contribution in [0.2, 0.25) is 0 Å². The smallest absolute Gasteiger partial charge is 0.306 e. The second kappa shape index (κ2) is 53.7. The molecule has 0 amide bonds. The van der Waals surface area contributed by atoms with E-state index in [-0.39, 0.29) is 37.5 Å². The van der Waals surface area contributed by atoms with Crippen molar-refractivity contribution in [3.63, 3.8) is 0 Å². The fourth-order valence-electron chi connectivity index (χ4n) is 7.86. The van der Waals surface area contributed by atoms with Gasteiger partial charge in [0.15, 0.2) is 6.10 Å².